The number of carbonyl (C=O) groups excluding carboxylic acids is 3. The standard InChI is InChI=1S/C17H35N5O3/c1-10(2)9-13(15(20)23)21-17(25)14(11(3)4)22-16(24)12(19)7-5-6-8-18/h10-14H,5-9,18-19H2,1-4H3,(H2,20,23)(H,21,25)(H,22,24)/p+1/t12-,13-,14-/m0/s1. The van der Waals surface area contributed by atoms with Gasteiger partial charge in [-0.25, -0.2) is 0 Å². The van der Waals surface area contributed by atoms with Crippen molar-refractivity contribution >= 4 is 17.7 Å². The number of primary amides is 1. The Morgan fingerprint density at radius 1 is 1.00 bits per heavy atom. The molecule has 0 aliphatic rings. The molecule has 0 bridgehead atoms. The molecule has 25 heavy (non-hydrogen) atoms. The van der Waals surface area contributed by atoms with Crippen molar-refractivity contribution in [3.05, 3.63) is 0 Å². The Bertz CT molecular complexity index is 440. The highest BCUT2D eigenvalue weighted by Crippen LogP contribution is 2.08. The zero-order chi connectivity index (χ0) is 19.6. The highest BCUT2D eigenvalue weighted by molar-refractivity contribution is 5.92. The second kappa shape index (κ2) is 11.8. The van der Waals surface area contributed by atoms with E-state index in [0.29, 0.717) is 12.8 Å². The third-order valence-corrected chi connectivity index (χ3v) is 3.97. The maximum absolute atomic E-state index is 12.5. The first-order chi connectivity index (χ1) is 11.6. The molecule has 0 radical (unpaired) electrons. The molecule has 0 saturated heterocycles. The quantitative estimate of drug-likeness (QED) is 0.280. The van der Waals surface area contributed by atoms with Crippen LogP contribution >= 0.6 is 0 Å². The van der Waals surface area contributed by atoms with Crippen molar-refractivity contribution in [1.29, 1.82) is 0 Å². The summed E-state index contributed by atoms with van der Waals surface area (Å²) in [6.07, 6.45) is 2.72. The van der Waals surface area contributed by atoms with Gasteiger partial charge >= 0.3 is 0 Å². The Morgan fingerprint density at radius 3 is 2.04 bits per heavy atom. The molecule has 0 unspecified atom stereocenters. The number of hydrogen-bond donors (Lipinski definition) is 5. The maximum Gasteiger partial charge on any atom is 0.243 e. The van der Waals surface area contributed by atoms with E-state index in [4.69, 9.17) is 11.5 Å². The molecule has 9 N–H and O–H groups in total. The molecule has 0 fully saturated rings. The Kier molecular flexibility index (Phi) is 11.0. The number of amides is 3. The van der Waals surface area contributed by atoms with E-state index >= 15 is 0 Å². The van der Waals surface area contributed by atoms with Crippen LogP contribution < -0.4 is 27.8 Å². The molecule has 0 aliphatic carbocycles. The first-order valence-corrected chi connectivity index (χ1v) is 9.05. The summed E-state index contributed by atoms with van der Waals surface area (Å²) in [4.78, 5) is 36.3. The minimum Gasteiger partial charge on any atom is -0.368 e. The Labute approximate surface area is 150 Å². The van der Waals surface area contributed by atoms with Crippen molar-refractivity contribution in [1.82, 2.24) is 10.6 Å². The molecule has 0 aliphatic heterocycles. The van der Waals surface area contributed by atoms with Crippen LogP contribution in [0.25, 0.3) is 0 Å². The van der Waals surface area contributed by atoms with E-state index in [9.17, 15) is 14.4 Å². The highest BCUT2D eigenvalue weighted by atomic mass is 16.2. The number of nitrogens with one attached hydrogen (secondary N) is 2. The topological polar surface area (TPSA) is 155 Å². The third-order valence-electron chi connectivity index (χ3n) is 3.97. The van der Waals surface area contributed by atoms with Gasteiger partial charge in [0.25, 0.3) is 0 Å². The average Bonchev–Trinajstić information content (AvgIpc) is 2.50. The Morgan fingerprint density at radius 2 is 1.60 bits per heavy atom. The highest BCUT2D eigenvalue weighted by Gasteiger charge is 2.29. The van der Waals surface area contributed by atoms with Crippen molar-refractivity contribution in [2.24, 2.45) is 23.3 Å². The van der Waals surface area contributed by atoms with E-state index in [1.165, 1.54) is 0 Å². The van der Waals surface area contributed by atoms with Gasteiger partial charge in [-0.15, -0.1) is 0 Å². The summed E-state index contributed by atoms with van der Waals surface area (Å²) in [6, 6.07) is -2.18. The van der Waals surface area contributed by atoms with Gasteiger partial charge in [-0.2, -0.15) is 0 Å². The summed E-state index contributed by atoms with van der Waals surface area (Å²) >= 11 is 0. The fourth-order valence-electron chi connectivity index (χ4n) is 2.45. The van der Waals surface area contributed by atoms with Gasteiger partial charge in [-0.05, 0) is 37.5 Å². The van der Waals surface area contributed by atoms with E-state index in [-0.39, 0.29) is 17.7 Å². The van der Waals surface area contributed by atoms with Gasteiger partial charge < -0.3 is 27.8 Å². The van der Waals surface area contributed by atoms with Crippen LogP contribution in [0.3, 0.4) is 0 Å². The average molecular weight is 359 g/mol. The van der Waals surface area contributed by atoms with Crippen molar-refractivity contribution in [2.45, 2.75) is 71.5 Å². The van der Waals surface area contributed by atoms with Gasteiger partial charge in [0.2, 0.25) is 17.7 Å². The molecule has 0 rings (SSSR count). The van der Waals surface area contributed by atoms with Gasteiger partial charge in [-0.3, -0.25) is 14.4 Å². The van der Waals surface area contributed by atoms with Gasteiger partial charge in [0, 0.05) is 0 Å². The molecule has 146 valence electrons. The van der Waals surface area contributed by atoms with E-state index in [1.807, 2.05) is 27.7 Å². The molecular formula is C17H36N5O3+. The molecule has 0 aromatic heterocycles. The number of nitrogens with two attached hydrogens (primary N) is 2. The second-order valence-corrected chi connectivity index (χ2v) is 7.28. The Hall–Kier alpha value is -1.67. The lowest BCUT2D eigenvalue weighted by Gasteiger charge is -2.26. The fourth-order valence-corrected chi connectivity index (χ4v) is 2.45. The van der Waals surface area contributed by atoms with Crippen LogP contribution in [-0.4, -0.2) is 42.4 Å². The van der Waals surface area contributed by atoms with Crippen molar-refractivity contribution in [3.63, 3.8) is 0 Å². The normalized spacial score (nSPS) is 14.9. The van der Waals surface area contributed by atoms with Crippen molar-refractivity contribution in [3.8, 4) is 0 Å². The molecule has 3 atom stereocenters. The second-order valence-electron chi connectivity index (χ2n) is 7.28. The van der Waals surface area contributed by atoms with Crippen LogP contribution in [0.2, 0.25) is 0 Å². The lowest BCUT2D eigenvalue weighted by atomic mass is 9.99. The molecule has 0 aromatic carbocycles. The van der Waals surface area contributed by atoms with Crippen LogP contribution in [0.1, 0.15) is 53.4 Å². The minimum absolute atomic E-state index is 0.149. The summed E-state index contributed by atoms with van der Waals surface area (Å²) in [5, 5.41) is 5.35. The SMILES string of the molecule is CC(C)C[C@H](NC(=O)[C@@H](NC(=O)[C@@H](N)CCCC[NH3+])C(C)C)C(N)=O. The van der Waals surface area contributed by atoms with Gasteiger partial charge in [0.1, 0.15) is 12.1 Å². The Balaban J connectivity index is 4.83. The van der Waals surface area contributed by atoms with Gasteiger partial charge in [0.15, 0.2) is 0 Å². The molecule has 8 nitrogen and oxygen atoms in total. The molecule has 0 heterocycles. The summed E-state index contributed by atoms with van der Waals surface area (Å²) in [7, 11) is 0. The van der Waals surface area contributed by atoms with Crippen LogP contribution in [-0.2, 0) is 14.4 Å². The fraction of sp³-hybridized carbons (Fsp3) is 0.824. The summed E-state index contributed by atoms with van der Waals surface area (Å²) in [6.45, 7) is 8.32. The van der Waals surface area contributed by atoms with Gasteiger partial charge in [-0.1, -0.05) is 27.7 Å². The lowest BCUT2D eigenvalue weighted by molar-refractivity contribution is -0.368. The van der Waals surface area contributed by atoms with Crippen LogP contribution in [0, 0.1) is 11.8 Å². The summed E-state index contributed by atoms with van der Waals surface area (Å²) < 4.78 is 0. The molecule has 3 amide bonds. The van der Waals surface area contributed by atoms with Crippen molar-refractivity contribution < 1.29 is 20.1 Å². The number of carbonyl (C=O) groups is 3. The zero-order valence-electron chi connectivity index (χ0n) is 16.0. The summed E-state index contributed by atoms with van der Waals surface area (Å²) in [5.41, 5.74) is 15.0. The smallest absolute Gasteiger partial charge is 0.243 e. The summed E-state index contributed by atoms with van der Waals surface area (Å²) in [5.74, 6) is -1.31. The molecule has 0 spiro atoms. The predicted molar refractivity (Wildman–Crippen MR) is 96.9 cm³/mol. The number of rotatable bonds is 12. The van der Waals surface area contributed by atoms with Crippen LogP contribution in [0.4, 0.5) is 0 Å². The zero-order valence-corrected chi connectivity index (χ0v) is 16.0. The van der Waals surface area contributed by atoms with E-state index in [1.54, 1.807) is 0 Å². The third kappa shape index (κ3) is 9.40. The maximum atomic E-state index is 12.5. The first-order valence-electron chi connectivity index (χ1n) is 9.05. The van der Waals surface area contributed by atoms with E-state index in [2.05, 4.69) is 16.4 Å². The van der Waals surface area contributed by atoms with Gasteiger partial charge in [0.05, 0.1) is 12.6 Å². The number of quaternary nitrogens is 1. The van der Waals surface area contributed by atoms with Crippen LogP contribution in [0.5, 0.6) is 0 Å². The molecule has 8 heteroatoms. The predicted octanol–water partition coefficient (Wildman–Crippen LogP) is -1.12. The molecule has 0 aromatic rings. The molecule has 0 saturated carbocycles. The molecular weight excluding hydrogens is 322 g/mol. The van der Waals surface area contributed by atoms with Crippen molar-refractivity contribution in [2.75, 3.05) is 6.54 Å². The number of hydrogen-bond acceptors (Lipinski definition) is 4. The first kappa shape index (κ1) is 23.3. The lowest BCUT2D eigenvalue weighted by Crippen LogP contribution is -2.57. The largest absolute Gasteiger partial charge is 0.368 e. The monoisotopic (exact) mass is 358 g/mol. The van der Waals surface area contributed by atoms with E-state index < -0.39 is 29.9 Å². The minimum atomic E-state index is -0.764. The van der Waals surface area contributed by atoms with E-state index in [0.717, 1.165) is 19.4 Å². The number of unbranched alkanes of at least 4 members (excludes halogenated alkanes) is 1. The van der Waals surface area contributed by atoms with Crippen LogP contribution in [0.15, 0.2) is 0 Å².